The normalized spacial score (nSPS) is 10.5. The molecule has 0 atom stereocenters. The van der Waals surface area contributed by atoms with Gasteiger partial charge in [-0.15, -0.1) is 12.6 Å². The fourth-order valence-electron chi connectivity index (χ4n) is 1.05. The molecule has 60 valence electrons. The van der Waals surface area contributed by atoms with Gasteiger partial charge in [0.25, 0.3) is 0 Å². The monoisotopic (exact) mass is 167 g/mol. The molecular formula is C9H13NS. The van der Waals surface area contributed by atoms with E-state index >= 15 is 0 Å². The first-order valence-electron chi connectivity index (χ1n) is 3.69. The number of hydrogen-bond donors (Lipinski definition) is 2. The van der Waals surface area contributed by atoms with Gasteiger partial charge >= 0.3 is 0 Å². The van der Waals surface area contributed by atoms with Gasteiger partial charge in [0, 0.05) is 10.6 Å². The van der Waals surface area contributed by atoms with E-state index < -0.39 is 0 Å². The van der Waals surface area contributed by atoms with Crippen molar-refractivity contribution in [2.75, 3.05) is 5.73 Å². The lowest BCUT2D eigenvalue weighted by molar-refractivity contribution is 0.843. The lowest BCUT2D eigenvalue weighted by atomic mass is 10.0. The van der Waals surface area contributed by atoms with Crippen molar-refractivity contribution >= 4 is 18.3 Å². The molecule has 0 heterocycles. The van der Waals surface area contributed by atoms with Crippen LogP contribution in [0.1, 0.15) is 25.3 Å². The first-order valence-corrected chi connectivity index (χ1v) is 4.14. The topological polar surface area (TPSA) is 26.0 Å². The van der Waals surface area contributed by atoms with E-state index in [4.69, 9.17) is 5.73 Å². The number of nitrogen functional groups attached to an aromatic ring is 1. The molecular weight excluding hydrogens is 154 g/mol. The summed E-state index contributed by atoms with van der Waals surface area (Å²) in [6, 6.07) is 5.83. The lowest BCUT2D eigenvalue weighted by Crippen LogP contribution is -1.91. The van der Waals surface area contributed by atoms with Crippen LogP contribution in [0.3, 0.4) is 0 Å². The van der Waals surface area contributed by atoms with Gasteiger partial charge in [-0.05, 0) is 23.6 Å². The Balaban J connectivity index is 3.09. The highest BCUT2D eigenvalue weighted by atomic mass is 32.1. The Hall–Kier alpha value is -0.630. The molecule has 1 nitrogen and oxygen atoms in total. The molecule has 2 N–H and O–H groups in total. The molecule has 0 unspecified atom stereocenters. The quantitative estimate of drug-likeness (QED) is 0.488. The van der Waals surface area contributed by atoms with Crippen molar-refractivity contribution in [1.29, 1.82) is 0 Å². The molecule has 0 aliphatic carbocycles. The summed E-state index contributed by atoms with van der Waals surface area (Å²) in [6.45, 7) is 4.29. The standard InChI is InChI=1S/C9H13NS/c1-6(2)8-4-3-7(10)5-9(8)11/h3-6,11H,10H2,1-2H3. The average Bonchev–Trinajstić information content (AvgIpc) is 1.85. The summed E-state index contributed by atoms with van der Waals surface area (Å²) in [5.74, 6) is 0.517. The molecule has 0 spiro atoms. The SMILES string of the molecule is CC(C)c1ccc(N)cc1S. The van der Waals surface area contributed by atoms with E-state index in [0.717, 1.165) is 10.6 Å². The fraction of sp³-hybridized carbons (Fsp3) is 0.333. The van der Waals surface area contributed by atoms with Gasteiger partial charge in [-0.2, -0.15) is 0 Å². The van der Waals surface area contributed by atoms with Crippen molar-refractivity contribution < 1.29 is 0 Å². The van der Waals surface area contributed by atoms with Crippen molar-refractivity contribution in [2.24, 2.45) is 0 Å². The highest BCUT2D eigenvalue weighted by molar-refractivity contribution is 7.80. The van der Waals surface area contributed by atoms with Gasteiger partial charge in [0.1, 0.15) is 0 Å². The number of thiol groups is 1. The van der Waals surface area contributed by atoms with Gasteiger partial charge in [0.05, 0.1) is 0 Å². The van der Waals surface area contributed by atoms with Gasteiger partial charge < -0.3 is 5.73 Å². The van der Waals surface area contributed by atoms with Crippen LogP contribution in [-0.4, -0.2) is 0 Å². The Kier molecular flexibility index (Phi) is 2.45. The first-order chi connectivity index (χ1) is 5.11. The van der Waals surface area contributed by atoms with Gasteiger partial charge in [0.15, 0.2) is 0 Å². The third-order valence-corrected chi connectivity index (χ3v) is 2.06. The van der Waals surface area contributed by atoms with E-state index in [-0.39, 0.29) is 0 Å². The van der Waals surface area contributed by atoms with Crippen LogP contribution in [0, 0.1) is 0 Å². The molecule has 1 aromatic carbocycles. The summed E-state index contributed by atoms with van der Waals surface area (Å²) < 4.78 is 0. The highest BCUT2D eigenvalue weighted by Crippen LogP contribution is 2.24. The molecule has 1 aromatic rings. The number of nitrogens with two attached hydrogens (primary N) is 1. The van der Waals surface area contributed by atoms with Crippen LogP contribution < -0.4 is 5.73 Å². The van der Waals surface area contributed by atoms with Gasteiger partial charge in [-0.25, -0.2) is 0 Å². The molecule has 2 heteroatoms. The Bertz CT molecular complexity index is 256. The number of benzene rings is 1. The molecule has 0 fully saturated rings. The molecule has 0 amide bonds. The molecule has 0 aliphatic rings. The third kappa shape index (κ3) is 1.90. The summed E-state index contributed by atoms with van der Waals surface area (Å²) in [5, 5.41) is 0. The van der Waals surface area contributed by atoms with E-state index in [9.17, 15) is 0 Å². The lowest BCUT2D eigenvalue weighted by Gasteiger charge is -2.08. The van der Waals surface area contributed by atoms with E-state index in [1.807, 2.05) is 18.2 Å². The van der Waals surface area contributed by atoms with Crippen LogP contribution in [-0.2, 0) is 0 Å². The smallest absolute Gasteiger partial charge is 0.0325 e. The summed E-state index contributed by atoms with van der Waals surface area (Å²) in [4.78, 5) is 0.986. The van der Waals surface area contributed by atoms with Crippen LogP contribution >= 0.6 is 12.6 Å². The van der Waals surface area contributed by atoms with Crippen molar-refractivity contribution in [3.63, 3.8) is 0 Å². The van der Waals surface area contributed by atoms with Gasteiger partial charge in [0.2, 0.25) is 0 Å². The minimum Gasteiger partial charge on any atom is -0.399 e. The predicted molar refractivity (Wildman–Crippen MR) is 52.2 cm³/mol. The van der Waals surface area contributed by atoms with Crippen molar-refractivity contribution in [1.82, 2.24) is 0 Å². The molecule has 0 bridgehead atoms. The number of rotatable bonds is 1. The summed E-state index contributed by atoms with van der Waals surface area (Å²) in [5.41, 5.74) is 7.61. The average molecular weight is 167 g/mol. The van der Waals surface area contributed by atoms with E-state index in [2.05, 4.69) is 26.5 Å². The van der Waals surface area contributed by atoms with Crippen molar-refractivity contribution in [3.05, 3.63) is 23.8 Å². The second-order valence-corrected chi connectivity index (χ2v) is 3.45. The summed E-state index contributed by atoms with van der Waals surface area (Å²) in [6.07, 6.45) is 0. The van der Waals surface area contributed by atoms with Crippen LogP contribution in [0.5, 0.6) is 0 Å². The van der Waals surface area contributed by atoms with Crippen molar-refractivity contribution in [3.8, 4) is 0 Å². The Morgan fingerprint density at radius 1 is 1.36 bits per heavy atom. The minimum atomic E-state index is 0.517. The predicted octanol–water partition coefficient (Wildman–Crippen LogP) is 2.68. The molecule has 0 aliphatic heterocycles. The molecule has 0 radical (unpaired) electrons. The van der Waals surface area contributed by atoms with Crippen LogP contribution in [0.25, 0.3) is 0 Å². The molecule has 0 aromatic heterocycles. The molecule has 0 saturated heterocycles. The molecule has 11 heavy (non-hydrogen) atoms. The third-order valence-electron chi connectivity index (χ3n) is 1.68. The van der Waals surface area contributed by atoms with Crippen LogP contribution in [0.2, 0.25) is 0 Å². The van der Waals surface area contributed by atoms with Crippen LogP contribution in [0.4, 0.5) is 5.69 Å². The maximum absolute atomic E-state index is 5.58. The fourth-order valence-corrected chi connectivity index (χ4v) is 1.53. The van der Waals surface area contributed by atoms with Gasteiger partial charge in [-0.3, -0.25) is 0 Å². The highest BCUT2D eigenvalue weighted by Gasteiger charge is 2.02. The zero-order chi connectivity index (χ0) is 8.43. The Morgan fingerprint density at radius 3 is 2.45 bits per heavy atom. The summed E-state index contributed by atoms with van der Waals surface area (Å²) in [7, 11) is 0. The first kappa shape index (κ1) is 8.47. The second-order valence-electron chi connectivity index (χ2n) is 2.97. The zero-order valence-corrected chi connectivity index (χ0v) is 7.73. The number of anilines is 1. The Labute approximate surface area is 73.0 Å². The zero-order valence-electron chi connectivity index (χ0n) is 6.83. The van der Waals surface area contributed by atoms with E-state index in [0.29, 0.717) is 5.92 Å². The summed E-state index contributed by atoms with van der Waals surface area (Å²) >= 11 is 4.33. The van der Waals surface area contributed by atoms with E-state index in [1.165, 1.54) is 5.56 Å². The van der Waals surface area contributed by atoms with Crippen molar-refractivity contribution in [2.45, 2.75) is 24.7 Å². The molecule has 1 rings (SSSR count). The maximum atomic E-state index is 5.58. The minimum absolute atomic E-state index is 0.517. The maximum Gasteiger partial charge on any atom is 0.0325 e. The molecule has 0 saturated carbocycles. The van der Waals surface area contributed by atoms with E-state index in [1.54, 1.807) is 0 Å². The number of hydrogen-bond acceptors (Lipinski definition) is 2. The largest absolute Gasteiger partial charge is 0.399 e. The second kappa shape index (κ2) is 3.18. The van der Waals surface area contributed by atoms with Crippen LogP contribution in [0.15, 0.2) is 23.1 Å². The van der Waals surface area contributed by atoms with Gasteiger partial charge in [-0.1, -0.05) is 19.9 Å². The Morgan fingerprint density at radius 2 is 2.00 bits per heavy atom.